The van der Waals surface area contributed by atoms with Crippen LogP contribution in [0.4, 0.5) is 5.69 Å². The normalized spacial score (nSPS) is 18.3. The maximum Gasteiger partial charge on any atom is 0.261 e. The quantitative estimate of drug-likeness (QED) is 0.0537. The molecule has 0 saturated carbocycles. The Morgan fingerprint density at radius 1 is 0.518 bits per heavy atom. The molecule has 0 radical (unpaired) electrons. The number of fused-ring (bicyclic) bond motifs is 1. The monoisotopic (exact) mass is 747 g/mol. The molecule has 6 aromatic rings. The highest BCUT2D eigenvalue weighted by atomic mass is 16.2. The Bertz CT molecular complexity index is 2560. The second-order valence-corrected chi connectivity index (χ2v) is 17.3. The molecule has 288 valence electrons. The molecule has 0 unspecified atom stereocenters. The number of rotatable bonds is 12. The lowest BCUT2D eigenvalue weighted by Gasteiger charge is -2.34. The number of carbonyl (C=O) groups excluding carboxylic acids is 4. The summed E-state index contributed by atoms with van der Waals surface area (Å²) < 4.78 is 0. The number of amides is 2. The number of imide groups is 1. The van der Waals surface area contributed by atoms with E-state index in [-0.39, 0.29) is 36.2 Å². The fourth-order valence-corrected chi connectivity index (χ4v) is 11.0. The van der Waals surface area contributed by atoms with Crippen molar-refractivity contribution in [2.45, 2.75) is 110 Å². The van der Waals surface area contributed by atoms with Crippen LogP contribution in [0.3, 0.4) is 0 Å². The minimum absolute atomic E-state index is 0.0358. The van der Waals surface area contributed by atoms with Crippen LogP contribution in [0.1, 0.15) is 150 Å². The highest BCUT2D eigenvalue weighted by Crippen LogP contribution is 2.53. The van der Waals surface area contributed by atoms with Crippen LogP contribution >= 0.6 is 0 Å². The van der Waals surface area contributed by atoms with E-state index in [4.69, 9.17) is 0 Å². The summed E-state index contributed by atoms with van der Waals surface area (Å²) in [7, 11) is 0. The van der Waals surface area contributed by atoms with Crippen molar-refractivity contribution in [1.82, 2.24) is 9.80 Å². The first-order chi connectivity index (χ1) is 27.4. The Kier molecular flexibility index (Phi) is 9.19. The van der Waals surface area contributed by atoms with Gasteiger partial charge in [0.1, 0.15) is 0 Å². The number of benzene rings is 6. The zero-order chi connectivity index (χ0) is 38.1. The molecule has 7 nitrogen and oxygen atoms in total. The summed E-state index contributed by atoms with van der Waals surface area (Å²) in [6.45, 7) is 7.16. The minimum Gasteiger partial charge on any atom is -0.371 e. The zero-order valence-corrected chi connectivity index (χ0v) is 33.0. The van der Waals surface area contributed by atoms with Crippen molar-refractivity contribution in [1.29, 1.82) is 0 Å². The summed E-state index contributed by atoms with van der Waals surface area (Å²) in [5.74, 6) is -0.340. The SMILES string of the molecule is CCCCCCCCCc1cc2cc3c4c(ccc5c6c(N7CCCCC7)cc7c8c(cc1c(c86)c2c45)C(=O)CCC7=O)C(=O)N(CCN1CCCCC1)C3=O. The van der Waals surface area contributed by atoms with Crippen molar-refractivity contribution in [2.75, 3.05) is 44.2 Å². The van der Waals surface area contributed by atoms with Crippen LogP contribution in [0.5, 0.6) is 0 Å². The second kappa shape index (κ2) is 14.4. The predicted molar refractivity (Wildman–Crippen MR) is 228 cm³/mol. The van der Waals surface area contributed by atoms with Gasteiger partial charge in [0.25, 0.3) is 11.8 Å². The molecule has 1 aliphatic carbocycles. The number of hydrogen-bond acceptors (Lipinski definition) is 6. The summed E-state index contributed by atoms with van der Waals surface area (Å²) in [6, 6.07) is 12.6. The van der Waals surface area contributed by atoms with Gasteiger partial charge < -0.3 is 9.80 Å². The highest BCUT2D eigenvalue weighted by molar-refractivity contribution is 6.47. The van der Waals surface area contributed by atoms with Crippen molar-refractivity contribution in [3.8, 4) is 0 Å². The number of ketones is 2. The van der Waals surface area contributed by atoms with Gasteiger partial charge in [-0.2, -0.15) is 0 Å². The largest absolute Gasteiger partial charge is 0.371 e. The third-order valence-electron chi connectivity index (χ3n) is 13.9. The number of anilines is 1. The molecule has 3 heterocycles. The molecule has 0 N–H and O–H groups in total. The number of nitrogens with zero attached hydrogens (tertiary/aromatic N) is 3. The molecule has 6 aromatic carbocycles. The maximum atomic E-state index is 14.7. The molecule has 2 amide bonds. The van der Waals surface area contributed by atoms with Gasteiger partial charge >= 0.3 is 0 Å². The van der Waals surface area contributed by atoms with E-state index in [2.05, 4.69) is 47.1 Å². The minimum atomic E-state index is -0.211. The topological polar surface area (TPSA) is 78.0 Å². The summed E-state index contributed by atoms with van der Waals surface area (Å²) in [5.41, 5.74) is 4.78. The van der Waals surface area contributed by atoms with Crippen LogP contribution < -0.4 is 4.90 Å². The first-order valence-electron chi connectivity index (χ1n) is 21.9. The number of likely N-dealkylation sites (tertiary alicyclic amines) is 1. The Hall–Kier alpha value is -4.62. The van der Waals surface area contributed by atoms with Crippen molar-refractivity contribution in [3.05, 3.63) is 64.2 Å². The average molecular weight is 748 g/mol. The first-order valence-corrected chi connectivity index (χ1v) is 21.9. The van der Waals surface area contributed by atoms with E-state index >= 15 is 0 Å². The molecule has 2 fully saturated rings. The highest BCUT2D eigenvalue weighted by Gasteiger charge is 2.37. The van der Waals surface area contributed by atoms with Gasteiger partial charge in [-0.3, -0.25) is 24.1 Å². The molecule has 2 saturated heterocycles. The molecule has 3 aliphatic heterocycles. The van der Waals surface area contributed by atoms with Crippen molar-refractivity contribution in [3.63, 3.8) is 0 Å². The number of Topliss-reactive ketones (excluding diaryl/α,β-unsaturated/α-hetero) is 2. The van der Waals surface area contributed by atoms with Crippen molar-refractivity contribution < 1.29 is 19.2 Å². The molecule has 0 atom stereocenters. The Morgan fingerprint density at radius 3 is 1.91 bits per heavy atom. The van der Waals surface area contributed by atoms with E-state index in [1.807, 2.05) is 6.07 Å². The van der Waals surface area contributed by atoms with E-state index < -0.39 is 0 Å². The lowest BCUT2D eigenvalue weighted by Crippen LogP contribution is -2.45. The average Bonchev–Trinajstić information content (AvgIpc) is 3.35. The van der Waals surface area contributed by atoms with Gasteiger partial charge in [0.15, 0.2) is 11.6 Å². The van der Waals surface area contributed by atoms with Gasteiger partial charge in [-0.15, -0.1) is 0 Å². The smallest absolute Gasteiger partial charge is 0.261 e. The lowest BCUT2D eigenvalue weighted by molar-refractivity contribution is 0.0587. The number of aryl methyl sites for hydroxylation is 1. The molecule has 56 heavy (non-hydrogen) atoms. The Labute approximate surface area is 329 Å². The van der Waals surface area contributed by atoms with Gasteiger partial charge in [-0.05, 0) is 120 Å². The van der Waals surface area contributed by atoms with Gasteiger partial charge in [-0.1, -0.05) is 64.0 Å². The first kappa shape index (κ1) is 35.8. The number of piperidine rings is 2. The number of hydrogen-bond donors (Lipinski definition) is 0. The zero-order valence-electron chi connectivity index (χ0n) is 33.0. The third-order valence-corrected chi connectivity index (χ3v) is 13.9. The van der Waals surface area contributed by atoms with Gasteiger partial charge in [-0.25, -0.2) is 0 Å². The van der Waals surface area contributed by atoms with Crippen LogP contribution in [-0.4, -0.2) is 72.4 Å². The fraction of sp³-hybridized carbons (Fsp3) is 0.469. The lowest BCUT2D eigenvalue weighted by atomic mass is 9.78. The Morgan fingerprint density at radius 2 is 1.16 bits per heavy atom. The van der Waals surface area contributed by atoms with Crippen LogP contribution in [0.25, 0.3) is 53.9 Å². The molecule has 0 spiro atoms. The van der Waals surface area contributed by atoms with Crippen LogP contribution in [-0.2, 0) is 6.42 Å². The van der Waals surface area contributed by atoms with Gasteiger partial charge in [0.05, 0.1) is 0 Å². The van der Waals surface area contributed by atoms with E-state index in [0.29, 0.717) is 35.3 Å². The third kappa shape index (κ3) is 5.62. The summed E-state index contributed by atoms with van der Waals surface area (Å²) in [5, 5.41) is 9.81. The summed E-state index contributed by atoms with van der Waals surface area (Å²) >= 11 is 0. The van der Waals surface area contributed by atoms with Crippen molar-refractivity contribution in [2.24, 2.45) is 0 Å². The molecular formula is C49H53N3O4. The Balaban J connectivity index is 1.24. The standard InChI is InChI=1S/C49H53N3O4/c1-2-3-4-5-6-7-10-15-30-26-31-27-37-42-33(48(55)52(49(37)56)25-24-50-20-11-8-12-21-50)17-16-32-44-38(51-22-13-9-14-23-51)29-36-40(54)19-18-39(53)35-28-34(30)46(41(31)45(32)42)47(44)43(35)36/h16-17,26-29H,2-15,18-25H2,1H3. The molecule has 10 rings (SSSR count). The molecule has 0 bridgehead atoms. The fourth-order valence-electron chi connectivity index (χ4n) is 11.0. The second-order valence-electron chi connectivity index (χ2n) is 17.3. The predicted octanol–water partition coefficient (Wildman–Crippen LogP) is 10.9. The van der Waals surface area contributed by atoms with Crippen LogP contribution in [0.2, 0.25) is 0 Å². The molecule has 4 aliphatic rings. The molecular weight excluding hydrogens is 695 g/mol. The number of unbranched alkanes of at least 4 members (excludes halogenated alkanes) is 6. The van der Waals surface area contributed by atoms with Gasteiger partial charge in [0.2, 0.25) is 0 Å². The van der Waals surface area contributed by atoms with E-state index in [9.17, 15) is 19.2 Å². The molecule has 0 aromatic heterocycles. The maximum absolute atomic E-state index is 14.7. The summed E-state index contributed by atoms with van der Waals surface area (Å²) in [4.78, 5) is 63.6. The molecule has 7 heteroatoms. The van der Waals surface area contributed by atoms with Gasteiger partial charge in [0, 0.05) is 88.5 Å². The van der Waals surface area contributed by atoms with E-state index in [0.717, 1.165) is 131 Å². The summed E-state index contributed by atoms with van der Waals surface area (Å²) in [6.07, 6.45) is 16.7. The van der Waals surface area contributed by atoms with Crippen LogP contribution in [0, 0.1) is 0 Å². The van der Waals surface area contributed by atoms with E-state index in [1.165, 1.54) is 55.4 Å². The van der Waals surface area contributed by atoms with Crippen LogP contribution in [0.15, 0.2) is 36.4 Å². The van der Waals surface area contributed by atoms with Crippen molar-refractivity contribution >= 4 is 82.9 Å². The van der Waals surface area contributed by atoms with E-state index in [1.54, 1.807) is 0 Å². The number of carbonyl (C=O) groups is 4.